The van der Waals surface area contributed by atoms with Gasteiger partial charge in [-0.1, -0.05) is 76.3 Å². The van der Waals surface area contributed by atoms with Crippen LogP contribution in [0.1, 0.15) is 52.3 Å². The van der Waals surface area contributed by atoms with E-state index >= 15 is 0 Å². The number of amides is 5. The Morgan fingerprint density at radius 1 is 0.895 bits per heavy atom. The van der Waals surface area contributed by atoms with E-state index in [0.717, 1.165) is 43.0 Å². The molecule has 0 spiro atoms. The number of nitrogens with zero attached hydrogens (tertiary/aromatic N) is 9. The first-order valence-electron chi connectivity index (χ1n) is 25.2. The Labute approximate surface area is 448 Å². The van der Waals surface area contributed by atoms with Crippen LogP contribution in [0.25, 0.3) is 31.8 Å². The van der Waals surface area contributed by atoms with Gasteiger partial charge in [0.05, 0.1) is 64.5 Å². The average Bonchev–Trinajstić information content (AvgIpc) is 4.16. The van der Waals surface area contributed by atoms with Gasteiger partial charge in [0.25, 0.3) is 5.91 Å². The average molecular weight is 1080 g/mol. The summed E-state index contributed by atoms with van der Waals surface area (Å²) in [6.07, 6.45) is 3.40. The Hall–Kier alpha value is -7.34. The largest absolute Gasteiger partial charge is 0.481 e. The summed E-state index contributed by atoms with van der Waals surface area (Å²) in [7, 11) is 0. The minimum absolute atomic E-state index is 0.0459. The van der Waals surface area contributed by atoms with Crippen LogP contribution in [0.5, 0.6) is 11.6 Å². The summed E-state index contributed by atoms with van der Waals surface area (Å²) in [4.78, 5) is 97.5. The monoisotopic (exact) mass is 1070 g/mol. The standard InChI is InChI=1S/C53H62N12O9S2/c1-31(2)28-74-52(71)64-17-18-72-48-41(64)19-36(23-55-48)35-11-12-39-42(20-35)76-51(59-39)61-43(67)27-62-13-15-63(16-14-62)50-56-24-38(25-57-50)73-29-44(68)60-46(53(4,5)6)49(70)65-26-37(66)21-40(65)47(69)54-22-33-7-9-34(10-8-33)45-32(3)58-30-75-45/h7-12,19-20,23-25,30-31,37,40,46,66H,13-18,21-22,26-29H2,1-6H3,(H,54,69)(H,60,68)(H,59,61,67)/t37-,40+,46-/m1/s1. The van der Waals surface area contributed by atoms with Gasteiger partial charge >= 0.3 is 6.09 Å². The molecule has 2 saturated heterocycles. The van der Waals surface area contributed by atoms with Crippen LogP contribution in [0, 0.1) is 18.3 Å². The molecule has 400 valence electrons. The number of rotatable bonds is 16. The van der Waals surface area contributed by atoms with Crippen LogP contribution < -0.4 is 35.2 Å². The van der Waals surface area contributed by atoms with Crippen molar-refractivity contribution >= 4 is 79.4 Å². The minimum atomic E-state index is -1.03. The third kappa shape index (κ3) is 12.8. The van der Waals surface area contributed by atoms with Crippen molar-refractivity contribution in [2.45, 2.75) is 72.7 Å². The highest BCUT2D eigenvalue weighted by molar-refractivity contribution is 7.22. The number of pyridine rings is 1. The number of carbonyl (C=O) groups is 5. The molecule has 7 heterocycles. The Morgan fingerprint density at radius 3 is 2.36 bits per heavy atom. The van der Waals surface area contributed by atoms with Crippen molar-refractivity contribution in [1.82, 2.24) is 45.4 Å². The van der Waals surface area contributed by atoms with Crippen molar-refractivity contribution in [3.05, 3.63) is 83.9 Å². The maximum atomic E-state index is 14.1. The molecule has 3 aliphatic rings. The lowest BCUT2D eigenvalue weighted by Gasteiger charge is -2.35. The predicted octanol–water partition coefficient (Wildman–Crippen LogP) is 5.52. The Bertz CT molecular complexity index is 3060. The number of ether oxygens (including phenoxy) is 3. The number of hydrogen-bond donors (Lipinski definition) is 4. The van der Waals surface area contributed by atoms with Crippen LogP contribution >= 0.6 is 22.7 Å². The van der Waals surface area contributed by atoms with Crippen molar-refractivity contribution in [1.29, 1.82) is 0 Å². The number of benzene rings is 2. The lowest BCUT2D eigenvalue weighted by molar-refractivity contribution is -0.144. The number of piperazine rings is 1. The number of carbonyl (C=O) groups excluding carboxylic acids is 5. The topological polar surface area (TPSA) is 247 Å². The summed E-state index contributed by atoms with van der Waals surface area (Å²) in [6, 6.07) is 13.6. The van der Waals surface area contributed by atoms with Gasteiger partial charge in [0, 0.05) is 57.4 Å². The third-order valence-electron chi connectivity index (χ3n) is 13.1. The molecule has 0 aliphatic carbocycles. The molecule has 21 nitrogen and oxygen atoms in total. The van der Waals surface area contributed by atoms with Gasteiger partial charge in [-0.15, -0.1) is 11.3 Å². The van der Waals surface area contributed by atoms with Gasteiger partial charge in [-0.05, 0) is 53.1 Å². The molecule has 23 heteroatoms. The molecule has 0 unspecified atom stereocenters. The summed E-state index contributed by atoms with van der Waals surface area (Å²) >= 11 is 2.93. The first-order chi connectivity index (χ1) is 36.4. The zero-order chi connectivity index (χ0) is 53.7. The molecule has 4 aromatic heterocycles. The predicted molar refractivity (Wildman–Crippen MR) is 288 cm³/mol. The molecule has 9 rings (SSSR count). The van der Waals surface area contributed by atoms with Crippen molar-refractivity contribution in [3.63, 3.8) is 0 Å². The highest BCUT2D eigenvalue weighted by atomic mass is 32.1. The van der Waals surface area contributed by atoms with Gasteiger partial charge in [-0.3, -0.25) is 29.0 Å². The lowest BCUT2D eigenvalue weighted by atomic mass is 9.85. The van der Waals surface area contributed by atoms with Crippen molar-refractivity contribution in [2.75, 3.05) is 80.8 Å². The number of nitrogens with one attached hydrogen (secondary N) is 3. The van der Waals surface area contributed by atoms with Crippen LogP contribution in [0.3, 0.4) is 0 Å². The first-order valence-corrected chi connectivity index (χ1v) is 26.9. The number of aliphatic hydroxyl groups is 1. The molecule has 0 saturated carbocycles. The van der Waals surface area contributed by atoms with Crippen LogP contribution in [-0.2, 0) is 30.5 Å². The van der Waals surface area contributed by atoms with E-state index in [1.54, 1.807) is 27.9 Å². The van der Waals surface area contributed by atoms with E-state index in [2.05, 4.69) is 40.9 Å². The lowest BCUT2D eigenvalue weighted by Crippen LogP contribution is -2.58. The SMILES string of the molecule is Cc1ncsc1-c1ccc(CNC(=O)[C@@H]2C[C@@H](O)CN2C(=O)[C@@H](NC(=O)COc2cnc(N3CCN(CC(=O)Nc4nc5ccc(-c6cnc7c(c6)N(C(=O)OCC(C)C)CCO7)cc5s4)CC3)nc2)C(C)(C)C)cc1. The summed E-state index contributed by atoms with van der Waals surface area (Å²) in [5, 5.41) is 19.8. The fraction of sp³-hybridized carbons (Fsp3) is 0.434. The quantitative estimate of drug-likeness (QED) is 0.0932. The summed E-state index contributed by atoms with van der Waals surface area (Å²) < 4.78 is 17.8. The maximum Gasteiger partial charge on any atom is 0.414 e. The number of aryl methyl sites for hydroxylation is 1. The zero-order valence-electron chi connectivity index (χ0n) is 43.3. The molecule has 2 aromatic carbocycles. The number of thiazole rings is 2. The van der Waals surface area contributed by atoms with Gasteiger partial charge in [0.15, 0.2) is 17.5 Å². The van der Waals surface area contributed by atoms with E-state index < -0.39 is 54.0 Å². The molecule has 0 bridgehead atoms. The smallest absolute Gasteiger partial charge is 0.414 e. The molecular weight excluding hydrogens is 1010 g/mol. The van der Waals surface area contributed by atoms with Crippen molar-refractivity contribution < 1.29 is 43.3 Å². The number of aliphatic hydroxyl groups excluding tert-OH is 1. The molecule has 3 aliphatic heterocycles. The highest BCUT2D eigenvalue weighted by Gasteiger charge is 2.44. The van der Waals surface area contributed by atoms with Crippen LogP contribution in [0.15, 0.2) is 72.6 Å². The van der Waals surface area contributed by atoms with Crippen LogP contribution in [-0.4, -0.2) is 153 Å². The first kappa shape index (κ1) is 53.5. The van der Waals surface area contributed by atoms with Crippen molar-refractivity contribution in [3.8, 4) is 33.2 Å². The number of likely N-dealkylation sites (tertiary alicyclic amines) is 1. The highest BCUT2D eigenvalue weighted by Crippen LogP contribution is 2.37. The fourth-order valence-electron chi connectivity index (χ4n) is 9.07. The van der Waals surface area contributed by atoms with Crippen molar-refractivity contribution in [2.24, 2.45) is 11.3 Å². The van der Waals surface area contributed by atoms with Gasteiger partial charge < -0.3 is 45.1 Å². The second-order valence-corrected chi connectivity index (χ2v) is 22.4. The summed E-state index contributed by atoms with van der Waals surface area (Å²) in [5.41, 5.74) is 6.87. The van der Waals surface area contributed by atoms with Gasteiger partial charge in [-0.25, -0.2) is 29.7 Å². The molecule has 4 N–H and O–H groups in total. The van der Waals surface area contributed by atoms with E-state index in [1.165, 1.54) is 28.6 Å². The Balaban J connectivity index is 0.719. The normalized spacial score (nSPS) is 17.2. The van der Waals surface area contributed by atoms with Gasteiger partial charge in [-0.2, -0.15) is 0 Å². The molecule has 76 heavy (non-hydrogen) atoms. The summed E-state index contributed by atoms with van der Waals surface area (Å²) in [6.45, 7) is 14.6. The maximum absolute atomic E-state index is 14.1. The van der Waals surface area contributed by atoms with E-state index in [0.29, 0.717) is 68.6 Å². The van der Waals surface area contributed by atoms with Gasteiger partial charge in [0.2, 0.25) is 29.5 Å². The number of hydrogen-bond acceptors (Lipinski definition) is 18. The van der Waals surface area contributed by atoms with Crippen LogP contribution in [0.4, 0.5) is 21.6 Å². The van der Waals surface area contributed by atoms with E-state index in [9.17, 15) is 29.1 Å². The fourth-order valence-corrected chi connectivity index (χ4v) is 10.8. The molecular formula is C53H62N12O9S2. The zero-order valence-corrected chi connectivity index (χ0v) is 44.9. The van der Waals surface area contributed by atoms with E-state index in [-0.39, 0.29) is 43.6 Å². The molecule has 6 aromatic rings. The minimum Gasteiger partial charge on any atom is -0.481 e. The molecule has 3 atom stereocenters. The second-order valence-electron chi connectivity index (χ2n) is 20.5. The second kappa shape index (κ2) is 23.3. The Morgan fingerprint density at radius 2 is 1.64 bits per heavy atom. The van der Waals surface area contributed by atoms with Crippen LogP contribution in [0.2, 0.25) is 0 Å². The number of anilines is 3. The Kier molecular flexibility index (Phi) is 16.4. The van der Waals surface area contributed by atoms with E-state index in [1.807, 2.05) is 99.9 Å². The van der Waals surface area contributed by atoms with E-state index in [4.69, 9.17) is 14.2 Å². The number of aromatic nitrogens is 5. The molecule has 2 fully saturated rings. The number of β-amino-alcohol motifs (C(OH)–C–C–N with tert-alkyl or cyclic N) is 1. The van der Waals surface area contributed by atoms with Gasteiger partial charge in [0.1, 0.15) is 24.4 Å². The number of fused-ring (bicyclic) bond motifs is 2. The molecule has 0 radical (unpaired) electrons. The molecule has 5 amide bonds. The third-order valence-corrected chi connectivity index (χ3v) is 15.0. The summed E-state index contributed by atoms with van der Waals surface area (Å²) in [5.74, 6) is -0.309.